The zero-order valence-electron chi connectivity index (χ0n) is 13.7. The molecule has 118 valence electrons. The summed E-state index contributed by atoms with van der Waals surface area (Å²) in [7, 11) is 1.82. The minimum atomic E-state index is -0.589. The van der Waals surface area contributed by atoms with Crippen molar-refractivity contribution in [3.8, 4) is 0 Å². The van der Waals surface area contributed by atoms with Crippen LogP contribution in [0.1, 0.15) is 59.3 Å². The molecule has 0 saturated heterocycles. The highest BCUT2D eigenvalue weighted by molar-refractivity contribution is 5.84. The number of hydrogen-bond acceptors (Lipinski definition) is 3. The van der Waals surface area contributed by atoms with Crippen molar-refractivity contribution in [2.24, 2.45) is 11.7 Å². The number of carbonyl (C=O) groups excluding carboxylic acids is 1. The number of nitrogens with zero attached hydrogens (tertiary/aromatic N) is 1. The van der Waals surface area contributed by atoms with Crippen molar-refractivity contribution in [3.63, 3.8) is 0 Å². The number of primary amides is 1. The van der Waals surface area contributed by atoms with Gasteiger partial charge in [0.05, 0.1) is 5.54 Å². The molecular formula is C16H33N3O. The molecule has 0 heterocycles. The van der Waals surface area contributed by atoms with Crippen molar-refractivity contribution in [3.05, 3.63) is 0 Å². The van der Waals surface area contributed by atoms with Crippen molar-refractivity contribution in [2.45, 2.75) is 70.9 Å². The van der Waals surface area contributed by atoms with E-state index in [1.165, 1.54) is 32.1 Å². The second kappa shape index (κ2) is 7.99. The van der Waals surface area contributed by atoms with Crippen LogP contribution >= 0.6 is 0 Å². The average Bonchev–Trinajstić information content (AvgIpc) is 2.91. The summed E-state index contributed by atoms with van der Waals surface area (Å²) in [6.45, 7) is 8.55. The first-order valence-corrected chi connectivity index (χ1v) is 8.12. The normalized spacial score (nSPS) is 19.7. The first kappa shape index (κ1) is 17.4. The number of nitrogens with one attached hydrogen (secondary N) is 1. The highest BCUT2D eigenvalue weighted by atomic mass is 16.1. The van der Waals surface area contributed by atoms with E-state index in [9.17, 15) is 4.79 Å². The van der Waals surface area contributed by atoms with Crippen LogP contribution in [-0.2, 0) is 4.79 Å². The first-order chi connectivity index (χ1) is 9.39. The zero-order chi connectivity index (χ0) is 15.2. The van der Waals surface area contributed by atoms with Gasteiger partial charge in [-0.05, 0) is 52.1 Å². The van der Waals surface area contributed by atoms with Crippen LogP contribution in [0.4, 0.5) is 0 Å². The monoisotopic (exact) mass is 283 g/mol. The molecule has 4 nitrogen and oxygen atoms in total. The molecule has 20 heavy (non-hydrogen) atoms. The molecule has 0 aromatic rings. The van der Waals surface area contributed by atoms with Gasteiger partial charge in [0.2, 0.25) is 5.91 Å². The van der Waals surface area contributed by atoms with Crippen LogP contribution < -0.4 is 11.1 Å². The molecule has 0 aromatic heterocycles. The Kier molecular flexibility index (Phi) is 6.96. The van der Waals surface area contributed by atoms with Crippen molar-refractivity contribution < 1.29 is 4.79 Å². The standard InChI is InChI=1S/C16H33N3O/c1-13(2)9-11-19(14-7-5-6-8-14)12-10-16(3,18-4)15(17)20/h13-14,18H,5-12H2,1-4H3,(H2,17,20). The predicted molar refractivity (Wildman–Crippen MR) is 84.6 cm³/mol. The van der Waals surface area contributed by atoms with E-state index in [0.717, 1.165) is 25.4 Å². The topological polar surface area (TPSA) is 58.4 Å². The van der Waals surface area contributed by atoms with Gasteiger partial charge in [-0.2, -0.15) is 0 Å². The number of nitrogens with two attached hydrogens (primary N) is 1. The Morgan fingerprint density at radius 1 is 1.35 bits per heavy atom. The quantitative estimate of drug-likeness (QED) is 0.681. The van der Waals surface area contributed by atoms with Gasteiger partial charge in [0.1, 0.15) is 0 Å². The summed E-state index contributed by atoms with van der Waals surface area (Å²) in [6.07, 6.45) is 7.33. The van der Waals surface area contributed by atoms with Gasteiger partial charge in [0.15, 0.2) is 0 Å². The number of hydrogen-bond donors (Lipinski definition) is 2. The molecular weight excluding hydrogens is 250 g/mol. The predicted octanol–water partition coefficient (Wildman–Crippen LogP) is 2.13. The van der Waals surface area contributed by atoms with Crippen LogP contribution in [0.3, 0.4) is 0 Å². The molecule has 4 heteroatoms. The Hall–Kier alpha value is -0.610. The number of likely N-dealkylation sites (N-methyl/N-ethyl adjacent to an activating group) is 1. The lowest BCUT2D eigenvalue weighted by Crippen LogP contribution is -2.53. The molecule has 1 atom stereocenters. The Bertz CT molecular complexity index is 300. The Balaban J connectivity index is 2.57. The number of carbonyl (C=O) groups is 1. The lowest BCUT2D eigenvalue weighted by Gasteiger charge is -2.33. The van der Waals surface area contributed by atoms with Gasteiger partial charge in [-0.25, -0.2) is 0 Å². The largest absolute Gasteiger partial charge is 0.368 e. The lowest BCUT2D eigenvalue weighted by molar-refractivity contribution is -0.124. The Labute approximate surface area is 124 Å². The molecule has 1 saturated carbocycles. The van der Waals surface area contributed by atoms with Gasteiger partial charge in [0.25, 0.3) is 0 Å². The maximum absolute atomic E-state index is 11.6. The van der Waals surface area contributed by atoms with E-state index >= 15 is 0 Å². The summed E-state index contributed by atoms with van der Waals surface area (Å²) in [5.41, 5.74) is 4.93. The SMILES string of the molecule is CNC(C)(CCN(CCC(C)C)C1CCCC1)C(N)=O. The fraction of sp³-hybridized carbons (Fsp3) is 0.938. The highest BCUT2D eigenvalue weighted by Gasteiger charge is 2.31. The molecule has 3 N–H and O–H groups in total. The van der Waals surface area contributed by atoms with Crippen molar-refractivity contribution in [2.75, 3.05) is 20.1 Å². The first-order valence-electron chi connectivity index (χ1n) is 8.12. The summed E-state index contributed by atoms with van der Waals surface area (Å²) in [5.74, 6) is 0.473. The molecule has 0 bridgehead atoms. The maximum Gasteiger partial charge on any atom is 0.237 e. The third-order valence-corrected chi connectivity index (χ3v) is 4.83. The Morgan fingerprint density at radius 3 is 2.40 bits per heavy atom. The molecule has 0 spiro atoms. The van der Waals surface area contributed by atoms with E-state index in [0.29, 0.717) is 6.04 Å². The summed E-state index contributed by atoms with van der Waals surface area (Å²) >= 11 is 0. The molecule has 1 rings (SSSR count). The molecule has 1 fully saturated rings. The summed E-state index contributed by atoms with van der Waals surface area (Å²) < 4.78 is 0. The highest BCUT2D eigenvalue weighted by Crippen LogP contribution is 2.25. The van der Waals surface area contributed by atoms with Crippen molar-refractivity contribution in [1.29, 1.82) is 0 Å². The molecule has 0 radical (unpaired) electrons. The molecule has 0 aliphatic heterocycles. The van der Waals surface area contributed by atoms with Gasteiger partial charge in [-0.15, -0.1) is 0 Å². The van der Waals surface area contributed by atoms with Gasteiger partial charge in [-0.3, -0.25) is 4.79 Å². The van der Waals surface area contributed by atoms with Crippen LogP contribution in [0.5, 0.6) is 0 Å². The zero-order valence-corrected chi connectivity index (χ0v) is 13.7. The van der Waals surface area contributed by atoms with Crippen LogP contribution in [0.15, 0.2) is 0 Å². The third kappa shape index (κ3) is 5.06. The molecule has 1 amide bonds. The van der Waals surface area contributed by atoms with Gasteiger partial charge < -0.3 is 16.0 Å². The molecule has 1 aliphatic rings. The van der Waals surface area contributed by atoms with Crippen LogP contribution in [0, 0.1) is 5.92 Å². The Morgan fingerprint density at radius 2 is 1.95 bits per heavy atom. The number of rotatable bonds is 9. The van der Waals surface area contributed by atoms with E-state index < -0.39 is 5.54 Å². The summed E-state index contributed by atoms with van der Waals surface area (Å²) in [4.78, 5) is 14.2. The van der Waals surface area contributed by atoms with Crippen LogP contribution in [0.25, 0.3) is 0 Å². The second-order valence-corrected chi connectivity index (χ2v) is 6.85. The summed E-state index contributed by atoms with van der Waals surface area (Å²) in [6, 6.07) is 0.711. The average molecular weight is 283 g/mol. The third-order valence-electron chi connectivity index (χ3n) is 4.83. The van der Waals surface area contributed by atoms with Crippen LogP contribution in [0.2, 0.25) is 0 Å². The smallest absolute Gasteiger partial charge is 0.237 e. The lowest BCUT2D eigenvalue weighted by atomic mass is 9.96. The fourth-order valence-electron chi connectivity index (χ4n) is 2.91. The maximum atomic E-state index is 11.6. The van der Waals surface area contributed by atoms with Crippen LogP contribution in [-0.4, -0.2) is 42.5 Å². The molecule has 1 aliphatic carbocycles. The fourth-order valence-corrected chi connectivity index (χ4v) is 2.91. The van der Waals surface area contributed by atoms with E-state index in [4.69, 9.17) is 5.73 Å². The van der Waals surface area contributed by atoms with Gasteiger partial charge in [-0.1, -0.05) is 26.7 Å². The van der Waals surface area contributed by atoms with Gasteiger partial charge >= 0.3 is 0 Å². The second-order valence-electron chi connectivity index (χ2n) is 6.85. The minimum Gasteiger partial charge on any atom is -0.368 e. The van der Waals surface area contributed by atoms with E-state index in [-0.39, 0.29) is 5.91 Å². The molecule has 1 unspecified atom stereocenters. The van der Waals surface area contributed by atoms with E-state index in [1.807, 2.05) is 14.0 Å². The van der Waals surface area contributed by atoms with Gasteiger partial charge in [0, 0.05) is 12.6 Å². The minimum absolute atomic E-state index is 0.254. The number of amides is 1. The molecule has 0 aromatic carbocycles. The summed E-state index contributed by atoms with van der Waals surface area (Å²) in [5, 5.41) is 3.09. The van der Waals surface area contributed by atoms with Crippen molar-refractivity contribution >= 4 is 5.91 Å². The van der Waals surface area contributed by atoms with Crippen molar-refractivity contribution in [1.82, 2.24) is 10.2 Å². The van der Waals surface area contributed by atoms with E-state index in [1.54, 1.807) is 0 Å². The van der Waals surface area contributed by atoms with E-state index in [2.05, 4.69) is 24.1 Å².